The second-order valence-electron chi connectivity index (χ2n) is 4.56. The van der Waals surface area contributed by atoms with Gasteiger partial charge in [0.2, 0.25) is 0 Å². The van der Waals surface area contributed by atoms with Gasteiger partial charge >= 0.3 is 5.97 Å². The zero-order chi connectivity index (χ0) is 12.8. The lowest BCUT2D eigenvalue weighted by atomic mass is 10.0. The highest BCUT2D eigenvalue weighted by Gasteiger charge is 2.20. The Labute approximate surface area is 102 Å². The van der Waals surface area contributed by atoms with E-state index in [0.717, 1.165) is 17.8 Å². The predicted molar refractivity (Wildman–Crippen MR) is 65.4 cm³/mol. The molecule has 1 unspecified atom stereocenters. The van der Waals surface area contributed by atoms with Gasteiger partial charge < -0.3 is 9.72 Å². The van der Waals surface area contributed by atoms with E-state index in [4.69, 9.17) is 4.74 Å². The number of ether oxygens (including phenoxy) is 1. The molecule has 5 heteroatoms. The predicted octanol–water partition coefficient (Wildman–Crippen LogP) is 1.40. The molecular weight excluding hydrogens is 218 g/mol. The number of carbonyl (C=O) groups is 1. The number of nitrogens with zero attached hydrogens (tertiary/aromatic N) is 1. The van der Waals surface area contributed by atoms with Crippen LogP contribution in [0, 0.1) is 12.8 Å². The molecule has 0 radical (unpaired) electrons. The molecule has 2 N–H and O–H groups in total. The van der Waals surface area contributed by atoms with Gasteiger partial charge in [0.1, 0.15) is 6.04 Å². The van der Waals surface area contributed by atoms with Crippen molar-refractivity contribution in [1.29, 1.82) is 0 Å². The topological polar surface area (TPSA) is 67.0 Å². The Bertz CT molecular complexity index is 360. The monoisotopic (exact) mass is 239 g/mol. The lowest BCUT2D eigenvalue weighted by Crippen LogP contribution is -2.38. The molecule has 1 heterocycles. The van der Waals surface area contributed by atoms with Crippen molar-refractivity contribution in [2.45, 2.75) is 39.8 Å². The van der Waals surface area contributed by atoms with Crippen LogP contribution in [0.1, 0.15) is 31.7 Å². The minimum Gasteiger partial charge on any atom is -0.468 e. The highest BCUT2D eigenvalue weighted by atomic mass is 16.5. The van der Waals surface area contributed by atoms with Crippen molar-refractivity contribution in [2.75, 3.05) is 7.11 Å². The lowest BCUT2D eigenvalue weighted by Gasteiger charge is -2.17. The van der Waals surface area contributed by atoms with Crippen molar-refractivity contribution in [3.63, 3.8) is 0 Å². The maximum Gasteiger partial charge on any atom is 0.322 e. The van der Waals surface area contributed by atoms with E-state index in [-0.39, 0.29) is 12.0 Å². The molecule has 0 aromatic carbocycles. The van der Waals surface area contributed by atoms with Gasteiger partial charge in [-0.15, -0.1) is 0 Å². The minimum atomic E-state index is -0.268. The van der Waals surface area contributed by atoms with Gasteiger partial charge in [0.25, 0.3) is 0 Å². The van der Waals surface area contributed by atoms with Gasteiger partial charge in [0, 0.05) is 12.2 Å². The second kappa shape index (κ2) is 6.39. The molecule has 17 heavy (non-hydrogen) atoms. The van der Waals surface area contributed by atoms with Crippen LogP contribution in [0.5, 0.6) is 0 Å². The molecular formula is C12H21N3O2. The van der Waals surface area contributed by atoms with E-state index in [1.807, 2.05) is 6.92 Å². The van der Waals surface area contributed by atoms with E-state index in [1.54, 1.807) is 6.33 Å². The molecule has 0 bridgehead atoms. The number of hydrogen-bond donors (Lipinski definition) is 2. The van der Waals surface area contributed by atoms with Crippen LogP contribution in [0.15, 0.2) is 6.33 Å². The first-order chi connectivity index (χ1) is 8.04. The summed E-state index contributed by atoms with van der Waals surface area (Å²) in [5, 5.41) is 3.19. The fourth-order valence-corrected chi connectivity index (χ4v) is 1.66. The molecule has 96 valence electrons. The molecule has 1 rings (SSSR count). The highest BCUT2D eigenvalue weighted by Crippen LogP contribution is 2.08. The van der Waals surface area contributed by atoms with Crippen LogP contribution < -0.4 is 5.32 Å². The summed E-state index contributed by atoms with van der Waals surface area (Å²) in [5.41, 5.74) is 1.95. The molecule has 1 aromatic rings. The number of hydrogen-bond acceptors (Lipinski definition) is 4. The van der Waals surface area contributed by atoms with E-state index in [1.165, 1.54) is 7.11 Å². The van der Waals surface area contributed by atoms with Crippen molar-refractivity contribution in [2.24, 2.45) is 5.92 Å². The number of rotatable bonds is 6. The van der Waals surface area contributed by atoms with E-state index in [9.17, 15) is 4.79 Å². The van der Waals surface area contributed by atoms with E-state index in [0.29, 0.717) is 12.5 Å². The zero-order valence-electron chi connectivity index (χ0n) is 10.9. The number of carbonyl (C=O) groups excluding carboxylic acids is 1. The van der Waals surface area contributed by atoms with Crippen LogP contribution in [-0.2, 0) is 16.1 Å². The number of esters is 1. The largest absolute Gasteiger partial charge is 0.468 e. The summed E-state index contributed by atoms with van der Waals surface area (Å²) < 4.78 is 4.78. The second-order valence-corrected chi connectivity index (χ2v) is 4.56. The van der Waals surface area contributed by atoms with Crippen LogP contribution in [-0.4, -0.2) is 29.1 Å². The summed E-state index contributed by atoms with van der Waals surface area (Å²) in [6.45, 7) is 6.69. The molecule has 0 saturated carbocycles. The Kier molecular flexibility index (Phi) is 5.15. The van der Waals surface area contributed by atoms with Crippen molar-refractivity contribution < 1.29 is 9.53 Å². The normalized spacial score (nSPS) is 12.8. The van der Waals surface area contributed by atoms with Gasteiger partial charge in [-0.3, -0.25) is 10.1 Å². The zero-order valence-corrected chi connectivity index (χ0v) is 10.9. The SMILES string of the molecule is COC(=O)C(CC(C)C)NCc1nc[nH]c1C. The lowest BCUT2D eigenvalue weighted by molar-refractivity contribution is -0.143. The molecule has 1 atom stereocenters. The molecule has 0 fully saturated rings. The average Bonchev–Trinajstić information content (AvgIpc) is 2.68. The Morgan fingerprint density at radius 2 is 2.29 bits per heavy atom. The number of aromatic nitrogens is 2. The quantitative estimate of drug-likeness (QED) is 0.736. The Hall–Kier alpha value is -1.36. The smallest absolute Gasteiger partial charge is 0.322 e. The Balaban J connectivity index is 2.55. The molecule has 5 nitrogen and oxygen atoms in total. The number of aryl methyl sites for hydroxylation is 1. The first-order valence-corrected chi connectivity index (χ1v) is 5.84. The Morgan fingerprint density at radius 3 is 2.76 bits per heavy atom. The molecule has 0 aliphatic carbocycles. The van der Waals surface area contributed by atoms with Crippen molar-refractivity contribution >= 4 is 5.97 Å². The molecule has 0 spiro atoms. The third-order valence-electron chi connectivity index (χ3n) is 2.64. The summed E-state index contributed by atoms with van der Waals surface area (Å²) in [6, 6.07) is -0.268. The molecule has 0 amide bonds. The third-order valence-corrected chi connectivity index (χ3v) is 2.64. The Morgan fingerprint density at radius 1 is 1.59 bits per heavy atom. The van der Waals surface area contributed by atoms with Gasteiger partial charge in [-0.05, 0) is 19.3 Å². The summed E-state index contributed by atoms with van der Waals surface area (Å²) in [6.07, 6.45) is 2.41. The number of nitrogens with one attached hydrogen (secondary N) is 2. The number of H-pyrrole nitrogens is 1. The standard InChI is InChI=1S/C12H21N3O2/c1-8(2)5-10(12(16)17-4)13-6-11-9(3)14-7-15-11/h7-8,10,13H,5-6H2,1-4H3,(H,14,15). The van der Waals surface area contributed by atoms with Crippen LogP contribution >= 0.6 is 0 Å². The maximum atomic E-state index is 11.6. The van der Waals surface area contributed by atoms with E-state index < -0.39 is 0 Å². The number of aromatic amines is 1. The maximum absolute atomic E-state index is 11.6. The van der Waals surface area contributed by atoms with Gasteiger partial charge in [0.05, 0.1) is 19.1 Å². The molecule has 0 aliphatic rings. The van der Waals surface area contributed by atoms with Crippen molar-refractivity contribution in [3.8, 4) is 0 Å². The van der Waals surface area contributed by atoms with E-state index in [2.05, 4.69) is 29.1 Å². The van der Waals surface area contributed by atoms with Crippen molar-refractivity contribution in [3.05, 3.63) is 17.7 Å². The molecule has 0 saturated heterocycles. The number of methoxy groups -OCH3 is 1. The van der Waals surface area contributed by atoms with Gasteiger partial charge in [-0.2, -0.15) is 0 Å². The summed E-state index contributed by atoms with van der Waals surface area (Å²) in [4.78, 5) is 18.8. The highest BCUT2D eigenvalue weighted by molar-refractivity contribution is 5.75. The minimum absolute atomic E-state index is 0.216. The molecule has 1 aromatic heterocycles. The first kappa shape index (κ1) is 13.7. The fraction of sp³-hybridized carbons (Fsp3) is 0.667. The van der Waals surface area contributed by atoms with Gasteiger partial charge in [0.15, 0.2) is 0 Å². The van der Waals surface area contributed by atoms with Crippen LogP contribution in [0.2, 0.25) is 0 Å². The van der Waals surface area contributed by atoms with E-state index >= 15 is 0 Å². The summed E-state index contributed by atoms with van der Waals surface area (Å²) >= 11 is 0. The van der Waals surface area contributed by atoms with Gasteiger partial charge in [-0.1, -0.05) is 13.8 Å². The van der Waals surface area contributed by atoms with Crippen molar-refractivity contribution in [1.82, 2.24) is 15.3 Å². The average molecular weight is 239 g/mol. The first-order valence-electron chi connectivity index (χ1n) is 5.84. The fourth-order valence-electron chi connectivity index (χ4n) is 1.66. The van der Waals surface area contributed by atoms with Gasteiger partial charge in [-0.25, -0.2) is 4.98 Å². The molecule has 0 aliphatic heterocycles. The summed E-state index contributed by atoms with van der Waals surface area (Å²) in [5.74, 6) is 0.221. The third kappa shape index (κ3) is 4.19. The van der Waals surface area contributed by atoms with Crippen LogP contribution in [0.4, 0.5) is 0 Å². The summed E-state index contributed by atoms with van der Waals surface area (Å²) in [7, 11) is 1.41. The van der Waals surface area contributed by atoms with Crippen LogP contribution in [0.25, 0.3) is 0 Å². The number of imidazole rings is 1. The van der Waals surface area contributed by atoms with Crippen LogP contribution in [0.3, 0.4) is 0 Å².